The Hall–Kier alpha value is -3.11. The summed E-state index contributed by atoms with van der Waals surface area (Å²) in [6.45, 7) is 15.9. The van der Waals surface area contributed by atoms with Gasteiger partial charge in [-0.15, -0.1) is 5.92 Å². The molecule has 10 heteroatoms. The largest absolute Gasteiger partial charge is 0.394 e. The molecule has 0 aliphatic rings. The Bertz CT molecular complexity index is 1500. The Labute approximate surface area is 295 Å². The third-order valence-corrected chi connectivity index (χ3v) is 16.0. The first kappa shape index (κ1) is 42.1. The van der Waals surface area contributed by atoms with E-state index in [4.69, 9.17) is 22.9 Å². The van der Waals surface area contributed by atoms with E-state index in [1.807, 2.05) is 43.3 Å². The zero-order valence-corrected chi connectivity index (χ0v) is 32.4. The van der Waals surface area contributed by atoms with Gasteiger partial charge in [-0.3, -0.25) is 14.2 Å². The number of aldehydes is 1. The summed E-state index contributed by atoms with van der Waals surface area (Å²) >= 11 is 0. The highest BCUT2D eigenvalue weighted by Crippen LogP contribution is 2.52. The molecule has 0 fully saturated rings. The summed E-state index contributed by atoms with van der Waals surface area (Å²) in [7, 11) is -2.52. The molecule has 0 radical (unpaired) electrons. The summed E-state index contributed by atoms with van der Waals surface area (Å²) in [5.41, 5.74) is -1.19. The molecule has 0 aliphatic heterocycles. The van der Waals surface area contributed by atoms with Crippen LogP contribution in [0.25, 0.3) is 0 Å². The van der Waals surface area contributed by atoms with E-state index >= 15 is 0 Å². The summed E-state index contributed by atoms with van der Waals surface area (Å²) in [5.74, 6) is 11.8. The molecule has 0 bridgehead atoms. The maximum Gasteiger partial charge on any atom is 0.340 e. The second kappa shape index (κ2) is 19.3. The van der Waals surface area contributed by atoms with Crippen molar-refractivity contribution in [3.8, 4) is 23.7 Å². The van der Waals surface area contributed by atoms with Crippen LogP contribution in [0.4, 0.5) is 0 Å². The van der Waals surface area contributed by atoms with Gasteiger partial charge in [-0.05, 0) is 54.4 Å². The minimum atomic E-state index is -3.55. The van der Waals surface area contributed by atoms with Crippen molar-refractivity contribution >= 4 is 38.4 Å². The number of ketones is 1. The zero-order chi connectivity index (χ0) is 36.7. The van der Waals surface area contributed by atoms with E-state index in [-0.39, 0.29) is 36.4 Å². The molecule has 2 rings (SSSR count). The molecule has 0 heterocycles. The topological polar surface area (TPSA) is 97.4 Å². The van der Waals surface area contributed by atoms with Crippen molar-refractivity contribution in [1.82, 2.24) is 0 Å². The van der Waals surface area contributed by atoms with Crippen LogP contribution in [-0.4, -0.2) is 65.9 Å². The van der Waals surface area contributed by atoms with Gasteiger partial charge in [0, 0.05) is 40.6 Å². The van der Waals surface area contributed by atoms with Gasteiger partial charge in [0.2, 0.25) is 0 Å². The van der Waals surface area contributed by atoms with Crippen LogP contribution >= 0.6 is 7.60 Å². The lowest BCUT2D eigenvalue weighted by atomic mass is 9.90. The van der Waals surface area contributed by atoms with E-state index in [2.05, 4.69) is 75.3 Å². The van der Waals surface area contributed by atoms with Gasteiger partial charge in [0.25, 0.3) is 8.32 Å². The number of rotatable bonds is 18. The molecule has 0 saturated carbocycles. The summed E-state index contributed by atoms with van der Waals surface area (Å²) in [6.07, 6.45) is 1.25. The Morgan fingerprint density at radius 1 is 0.980 bits per heavy atom. The first-order chi connectivity index (χ1) is 23.1. The molecule has 3 unspecified atom stereocenters. The van der Waals surface area contributed by atoms with Gasteiger partial charge >= 0.3 is 7.60 Å². The molecule has 2 aromatic rings. The molecule has 49 heavy (non-hydrogen) atoms. The number of carbonyl (C=O) groups excluding carboxylic acids is 2. The van der Waals surface area contributed by atoms with Crippen LogP contribution in [0.1, 0.15) is 67.2 Å². The third kappa shape index (κ3) is 11.5. The number of hydrogen-bond donors (Lipinski definition) is 0. The molecule has 266 valence electrons. The van der Waals surface area contributed by atoms with Gasteiger partial charge < -0.3 is 22.9 Å². The number of hydrogen-bond acceptors (Lipinski definition) is 8. The first-order valence-electron chi connectivity index (χ1n) is 16.4. The van der Waals surface area contributed by atoms with Crippen molar-refractivity contribution in [1.29, 1.82) is 0 Å². The second-order valence-electron chi connectivity index (χ2n) is 13.3. The minimum absolute atomic E-state index is 0.0325. The minimum Gasteiger partial charge on any atom is -0.394 e. The summed E-state index contributed by atoms with van der Waals surface area (Å²) in [6, 6.07) is 20.5. The number of Topliss-reactive ketones (excluding diaryl/α,β-unsaturated/α-hetero) is 1. The van der Waals surface area contributed by atoms with Crippen LogP contribution in [-0.2, 0) is 37.1 Å². The van der Waals surface area contributed by atoms with Crippen LogP contribution in [0.15, 0.2) is 72.8 Å². The first-order valence-corrected chi connectivity index (χ1v) is 19.9. The van der Waals surface area contributed by atoms with Gasteiger partial charge in [-0.25, -0.2) is 0 Å². The Morgan fingerprint density at radius 2 is 1.53 bits per heavy atom. The Morgan fingerprint density at radius 3 is 1.98 bits per heavy atom. The van der Waals surface area contributed by atoms with E-state index in [0.29, 0.717) is 19.1 Å². The number of benzene rings is 2. The highest BCUT2D eigenvalue weighted by atomic mass is 31.2. The van der Waals surface area contributed by atoms with E-state index in [1.54, 1.807) is 13.8 Å². The third-order valence-electron chi connectivity index (χ3n) is 8.68. The predicted molar refractivity (Wildman–Crippen MR) is 198 cm³/mol. The van der Waals surface area contributed by atoms with Gasteiger partial charge in [-0.2, -0.15) is 0 Å². The maximum atomic E-state index is 13.1. The van der Waals surface area contributed by atoms with Crippen molar-refractivity contribution in [2.24, 2.45) is 5.92 Å². The summed E-state index contributed by atoms with van der Waals surface area (Å²) in [5, 5.41) is 1.87. The average Bonchev–Trinajstić information content (AvgIpc) is 3.09. The maximum absolute atomic E-state index is 13.1. The van der Waals surface area contributed by atoms with Crippen molar-refractivity contribution in [3.05, 3.63) is 72.8 Å². The number of methoxy groups -OCH3 is 1. The van der Waals surface area contributed by atoms with Crippen LogP contribution in [0.5, 0.6) is 0 Å². The Kier molecular flexibility index (Phi) is 16.6. The zero-order valence-electron chi connectivity index (χ0n) is 30.5. The molecule has 0 aromatic heterocycles. The van der Waals surface area contributed by atoms with Crippen molar-refractivity contribution in [3.63, 3.8) is 0 Å². The molecular formula is C39H53O8PSi. The summed E-state index contributed by atoms with van der Waals surface area (Å²) < 4.78 is 41.6. The van der Waals surface area contributed by atoms with Crippen molar-refractivity contribution < 1.29 is 37.1 Å². The normalized spacial score (nSPS) is 15.0. The fraction of sp³-hybridized carbons (Fsp3) is 0.487. The second-order valence-corrected chi connectivity index (χ2v) is 20.1. The molecule has 0 amide bonds. The molecule has 8 nitrogen and oxygen atoms in total. The van der Waals surface area contributed by atoms with Gasteiger partial charge in [0.05, 0.1) is 0 Å². The van der Waals surface area contributed by atoms with Gasteiger partial charge in [0.15, 0.2) is 6.29 Å². The molecule has 4 atom stereocenters. The highest BCUT2D eigenvalue weighted by molar-refractivity contribution is 7.55. The lowest BCUT2D eigenvalue weighted by molar-refractivity contribution is -0.119. The lowest BCUT2D eigenvalue weighted by Crippen LogP contribution is -2.67. The standard InChI is InChI=1S/C39H53O8PSi/c1-31(2)33(28-37(41)32(3)48(42,44-9)45-10)20-17-18-21-34(29-39(7,26-19-27-40)46-30-43-8)47-49(38(4,5)6,35-22-13-11-14-23-35)36-24-15-12-16-25-36/h11-16,22-25,27,32-34H,1,17,20,28-30H2,2-10H3/t32?,33-,34?,39?/m0/s1. The van der Waals surface area contributed by atoms with Crippen LogP contribution in [0.2, 0.25) is 5.04 Å². The van der Waals surface area contributed by atoms with Crippen LogP contribution < -0.4 is 10.4 Å². The van der Waals surface area contributed by atoms with E-state index < -0.39 is 33.3 Å². The molecule has 0 saturated heterocycles. The van der Waals surface area contributed by atoms with E-state index in [1.165, 1.54) is 21.3 Å². The number of carbonyl (C=O) groups is 2. The fourth-order valence-corrected chi connectivity index (χ4v) is 11.7. The lowest BCUT2D eigenvalue weighted by Gasteiger charge is -2.45. The average molecular weight is 709 g/mol. The van der Waals surface area contributed by atoms with Crippen LogP contribution in [0, 0.1) is 29.6 Å². The Balaban J connectivity index is 2.59. The van der Waals surface area contributed by atoms with Crippen LogP contribution in [0.3, 0.4) is 0 Å². The molecule has 2 aromatic carbocycles. The van der Waals surface area contributed by atoms with E-state index in [9.17, 15) is 14.2 Å². The summed E-state index contributed by atoms with van der Waals surface area (Å²) in [4.78, 5) is 24.4. The molecular weight excluding hydrogens is 655 g/mol. The molecule has 0 spiro atoms. The van der Waals surface area contributed by atoms with E-state index in [0.717, 1.165) is 15.9 Å². The SMILES string of the molecule is C=C(C)[C@@H](CCC#CC(CC(C)(C#CC=O)OCOC)O[Si](c1ccccc1)(c1ccccc1)C(C)(C)C)CC(=O)C(C)P(=O)(OC)OC. The van der Waals surface area contributed by atoms with Crippen molar-refractivity contribution in [2.45, 2.75) is 89.6 Å². The van der Waals surface area contributed by atoms with Crippen molar-refractivity contribution in [2.75, 3.05) is 28.1 Å². The molecule has 0 aliphatic carbocycles. The number of allylic oxidation sites excluding steroid dienone is 1. The highest BCUT2D eigenvalue weighted by Gasteiger charge is 2.52. The predicted octanol–water partition coefficient (Wildman–Crippen LogP) is 6.71. The number of ether oxygens (including phenoxy) is 2. The van der Waals surface area contributed by atoms with Gasteiger partial charge in [-0.1, -0.05) is 105 Å². The van der Waals surface area contributed by atoms with Gasteiger partial charge in [0.1, 0.15) is 29.9 Å². The quantitative estimate of drug-likeness (QED) is 0.0421. The smallest absolute Gasteiger partial charge is 0.340 e. The monoisotopic (exact) mass is 708 g/mol. The fourth-order valence-electron chi connectivity index (χ4n) is 5.83. The molecule has 0 N–H and O–H groups in total.